The van der Waals surface area contributed by atoms with Gasteiger partial charge in [-0.1, -0.05) is 60.3 Å². The molecule has 2 unspecified atom stereocenters. The van der Waals surface area contributed by atoms with E-state index in [1.54, 1.807) is 0 Å². The first kappa shape index (κ1) is 18.0. The second-order valence-corrected chi connectivity index (χ2v) is 7.42. The van der Waals surface area contributed by atoms with Crippen molar-refractivity contribution < 1.29 is 0 Å². The number of nitrogens with zero attached hydrogens (tertiary/aromatic N) is 1. The first-order chi connectivity index (χ1) is 9.54. The van der Waals surface area contributed by atoms with Gasteiger partial charge in [-0.3, -0.25) is 4.90 Å². The largest absolute Gasteiger partial charge is 0.311 e. The highest BCUT2D eigenvalue weighted by Gasteiger charge is 2.28. The van der Waals surface area contributed by atoms with Gasteiger partial charge in [0.2, 0.25) is 0 Å². The van der Waals surface area contributed by atoms with Crippen LogP contribution in [0.25, 0.3) is 0 Å². The van der Waals surface area contributed by atoms with E-state index in [0.717, 1.165) is 17.9 Å². The summed E-state index contributed by atoms with van der Waals surface area (Å²) < 4.78 is 0. The van der Waals surface area contributed by atoms with Crippen molar-refractivity contribution in [1.82, 2.24) is 10.2 Å². The van der Waals surface area contributed by atoms with Crippen molar-refractivity contribution in [2.24, 2.45) is 11.8 Å². The van der Waals surface area contributed by atoms with E-state index in [-0.39, 0.29) is 0 Å². The van der Waals surface area contributed by atoms with E-state index < -0.39 is 0 Å². The van der Waals surface area contributed by atoms with Crippen LogP contribution in [0, 0.1) is 11.8 Å². The van der Waals surface area contributed by atoms with Crippen molar-refractivity contribution in [2.75, 3.05) is 19.6 Å². The topological polar surface area (TPSA) is 15.3 Å². The smallest absolute Gasteiger partial charge is 0.0244 e. The lowest BCUT2D eigenvalue weighted by Gasteiger charge is -2.42. The molecule has 1 heterocycles. The van der Waals surface area contributed by atoms with E-state index in [1.165, 1.54) is 58.2 Å². The van der Waals surface area contributed by atoms with Gasteiger partial charge in [0.05, 0.1) is 0 Å². The lowest BCUT2D eigenvalue weighted by Crippen LogP contribution is -2.58. The fraction of sp³-hybridized carbons (Fsp3) is 1.00. The molecule has 1 aliphatic heterocycles. The van der Waals surface area contributed by atoms with E-state index in [1.807, 2.05) is 0 Å². The number of hydrogen-bond acceptors (Lipinski definition) is 2. The minimum Gasteiger partial charge on any atom is -0.311 e. The highest BCUT2D eigenvalue weighted by atomic mass is 15.2. The molecule has 0 amide bonds. The van der Waals surface area contributed by atoms with Gasteiger partial charge in [-0.15, -0.1) is 0 Å². The molecule has 1 N–H and O–H groups in total. The van der Waals surface area contributed by atoms with Crippen molar-refractivity contribution in [1.29, 1.82) is 0 Å². The van der Waals surface area contributed by atoms with E-state index >= 15 is 0 Å². The minimum atomic E-state index is 0.714. The zero-order valence-electron chi connectivity index (χ0n) is 14.6. The Hall–Kier alpha value is -0.0800. The van der Waals surface area contributed by atoms with E-state index in [2.05, 4.69) is 44.8 Å². The van der Waals surface area contributed by atoms with Gasteiger partial charge >= 0.3 is 0 Å². The minimum absolute atomic E-state index is 0.714. The summed E-state index contributed by atoms with van der Waals surface area (Å²) in [5.74, 6) is 1.64. The number of hydrogen-bond donors (Lipinski definition) is 1. The summed E-state index contributed by atoms with van der Waals surface area (Å²) in [5.41, 5.74) is 0. The fourth-order valence-electron chi connectivity index (χ4n) is 3.31. The molecule has 0 aromatic rings. The lowest BCUT2D eigenvalue weighted by atomic mass is 9.97. The molecule has 0 aromatic carbocycles. The van der Waals surface area contributed by atoms with E-state index in [4.69, 9.17) is 0 Å². The highest BCUT2D eigenvalue weighted by molar-refractivity contribution is 4.87. The van der Waals surface area contributed by atoms with Gasteiger partial charge in [-0.25, -0.2) is 0 Å². The summed E-state index contributed by atoms with van der Waals surface area (Å²) in [4.78, 5) is 2.76. The van der Waals surface area contributed by atoms with Crippen LogP contribution in [0.1, 0.15) is 73.1 Å². The van der Waals surface area contributed by atoms with Gasteiger partial charge in [0, 0.05) is 25.2 Å². The predicted octanol–water partition coefficient (Wildman–Crippen LogP) is 4.30. The van der Waals surface area contributed by atoms with E-state index in [0.29, 0.717) is 6.04 Å². The van der Waals surface area contributed by atoms with Gasteiger partial charge in [-0.05, 0) is 31.2 Å². The Kier molecular flexibility index (Phi) is 8.79. The molecule has 0 spiro atoms. The molecular weight excluding hydrogens is 244 g/mol. The Morgan fingerprint density at radius 1 is 1.05 bits per heavy atom. The molecule has 1 aliphatic rings. The molecule has 0 aromatic heterocycles. The Morgan fingerprint density at radius 3 is 2.35 bits per heavy atom. The third-order valence-electron chi connectivity index (χ3n) is 4.78. The number of rotatable bonds is 9. The zero-order valence-corrected chi connectivity index (χ0v) is 14.6. The molecule has 1 saturated heterocycles. The average molecular weight is 283 g/mol. The maximum atomic E-state index is 3.71. The molecule has 2 atom stereocenters. The van der Waals surface area contributed by atoms with Gasteiger partial charge in [0.15, 0.2) is 0 Å². The van der Waals surface area contributed by atoms with Crippen LogP contribution in [-0.2, 0) is 0 Å². The molecular formula is C18H38N2. The van der Waals surface area contributed by atoms with Crippen molar-refractivity contribution in [3.05, 3.63) is 0 Å². The van der Waals surface area contributed by atoms with Crippen LogP contribution < -0.4 is 5.32 Å². The van der Waals surface area contributed by atoms with E-state index in [9.17, 15) is 0 Å². The van der Waals surface area contributed by atoms with Crippen molar-refractivity contribution >= 4 is 0 Å². The molecule has 0 radical (unpaired) electrons. The molecule has 1 fully saturated rings. The van der Waals surface area contributed by atoms with Crippen LogP contribution in [0.5, 0.6) is 0 Å². The first-order valence-electron chi connectivity index (χ1n) is 9.02. The van der Waals surface area contributed by atoms with Gasteiger partial charge in [0.1, 0.15) is 0 Å². The lowest BCUT2D eigenvalue weighted by molar-refractivity contribution is 0.0951. The second kappa shape index (κ2) is 9.78. The summed E-state index contributed by atoms with van der Waals surface area (Å²) in [7, 11) is 0. The molecule has 20 heavy (non-hydrogen) atoms. The summed E-state index contributed by atoms with van der Waals surface area (Å²) in [5, 5.41) is 3.71. The van der Waals surface area contributed by atoms with Crippen LogP contribution in [0.15, 0.2) is 0 Å². The van der Waals surface area contributed by atoms with Crippen LogP contribution in [0.2, 0.25) is 0 Å². The summed E-state index contributed by atoms with van der Waals surface area (Å²) in [6.07, 6.45) is 8.31. The summed E-state index contributed by atoms with van der Waals surface area (Å²) in [6.45, 7) is 15.5. The Balaban J connectivity index is 2.23. The highest BCUT2D eigenvalue weighted by Crippen LogP contribution is 2.18. The maximum Gasteiger partial charge on any atom is 0.0244 e. The molecule has 1 rings (SSSR count). The molecule has 120 valence electrons. The monoisotopic (exact) mass is 282 g/mol. The van der Waals surface area contributed by atoms with Crippen molar-refractivity contribution in [2.45, 2.75) is 85.2 Å². The maximum absolute atomic E-state index is 3.71. The van der Waals surface area contributed by atoms with Gasteiger partial charge in [0.25, 0.3) is 0 Å². The van der Waals surface area contributed by atoms with Crippen LogP contribution in [0.3, 0.4) is 0 Å². The van der Waals surface area contributed by atoms with Crippen LogP contribution in [0.4, 0.5) is 0 Å². The molecule has 2 heteroatoms. The standard InChI is InChI=1S/C18H38N2/c1-6-17-14-20(18(13-19-17)16(4)5)12-10-8-7-9-11-15(2)3/h15-19H,6-14H2,1-5H3. The number of unbranched alkanes of at least 4 members (excludes halogenated alkanes) is 3. The number of piperazine rings is 1. The fourth-order valence-corrected chi connectivity index (χ4v) is 3.31. The molecule has 0 bridgehead atoms. The first-order valence-corrected chi connectivity index (χ1v) is 9.02. The Morgan fingerprint density at radius 2 is 1.75 bits per heavy atom. The predicted molar refractivity (Wildman–Crippen MR) is 90.2 cm³/mol. The average Bonchev–Trinajstić information content (AvgIpc) is 2.41. The Labute approximate surface area is 127 Å². The Bertz CT molecular complexity index is 238. The second-order valence-electron chi connectivity index (χ2n) is 7.42. The molecule has 2 nitrogen and oxygen atoms in total. The zero-order chi connectivity index (χ0) is 15.0. The summed E-state index contributed by atoms with van der Waals surface area (Å²) in [6, 6.07) is 1.46. The summed E-state index contributed by atoms with van der Waals surface area (Å²) >= 11 is 0. The van der Waals surface area contributed by atoms with Crippen molar-refractivity contribution in [3.63, 3.8) is 0 Å². The molecule has 0 aliphatic carbocycles. The van der Waals surface area contributed by atoms with Gasteiger partial charge < -0.3 is 5.32 Å². The van der Waals surface area contributed by atoms with Crippen LogP contribution in [-0.4, -0.2) is 36.6 Å². The molecule has 0 saturated carbocycles. The normalized spacial score (nSPS) is 24.8. The third-order valence-corrected chi connectivity index (χ3v) is 4.78. The van der Waals surface area contributed by atoms with Crippen molar-refractivity contribution in [3.8, 4) is 0 Å². The quantitative estimate of drug-likeness (QED) is 0.634. The third kappa shape index (κ3) is 6.58. The van der Waals surface area contributed by atoms with Crippen LogP contribution >= 0.6 is 0 Å². The van der Waals surface area contributed by atoms with Gasteiger partial charge in [-0.2, -0.15) is 0 Å². The number of nitrogens with one attached hydrogen (secondary N) is 1. The SMILES string of the molecule is CCC1CN(CCCCCCC(C)C)C(C(C)C)CN1.